The zero-order valence-corrected chi connectivity index (χ0v) is 26.3. The van der Waals surface area contributed by atoms with Gasteiger partial charge in [0.2, 0.25) is 0 Å². The SMILES string of the molecule is COc1ccc(/C=C2\CCC[C@]3(C2=O)[C@H](c2ccc(OC)cc2)CN(C)[C@]32C(=O)N(CN3CCOCC3)c3ccccc32)cc1. The summed E-state index contributed by atoms with van der Waals surface area (Å²) in [6, 6.07) is 24.0. The van der Waals surface area contributed by atoms with Crippen LogP contribution in [0.15, 0.2) is 78.4 Å². The van der Waals surface area contributed by atoms with Gasteiger partial charge in [0, 0.05) is 31.1 Å². The number of rotatable bonds is 6. The number of carbonyl (C=O) groups is 2. The van der Waals surface area contributed by atoms with E-state index in [-0.39, 0.29) is 17.6 Å². The van der Waals surface area contributed by atoms with Crippen LogP contribution in [0.4, 0.5) is 5.69 Å². The van der Waals surface area contributed by atoms with E-state index >= 15 is 9.59 Å². The number of fused-ring (bicyclic) bond motifs is 3. The molecule has 1 saturated carbocycles. The van der Waals surface area contributed by atoms with Gasteiger partial charge >= 0.3 is 0 Å². The second kappa shape index (κ2) is 11.7. The average molecular weight is 608 g/mol. The summed E-state index contributed by atoms with van der Waals surface area (Å²) < 4.78 is 16.5. The Balaban J connectivity index is 1.40. The van der Waals surface area contributed by atoms with Gasteiger partial charge in [0.25, 0.3) is 5.91 Å². The molecule has 3 aromatic carbocycles. The third kappa shape index (κ3) is 4.53. The highest BCUT2D eigenvalue weighted by molar-refractivity contribution is 6.16. The molecule has 0 radical (unpaired) electrons. The van der Waals surface area contributed by atoms with E-state index in [1.807, 2.05) is 72.6 Å². The Bertz CT molecular complexity index is 1610. The van der Waals surface area contributed by atoms with Crippen molar-refractivity contribution >= 4 is 23.5 Å². The molecule has 1 amide bonds. The Morgan fingerprint density at radius 2 is 1.58 bits per heavy atom. The van der Waals surface area contributed by atoms with Crippen LogP contribution in [0.1, 0.15) is 41.9 Å². The molecule has 0 aromatic heterocycles. The van der Waals surface area contributed by atoms with E-state index in [0.29, 0.717) is 39.3 Å². The van der Waals surface area contributed by atoms with Crippen molar-refractivity contribution in [3.8, 4) is 11.5 Å². The third-order valence-corrected chi connectivity index (χ3v) is 10.5. The van der Waals surface area contributed by atoms with E-state index in [4.69, 9.17) is 14.2 Å². The van der Waals surface area contributed by atoms with Crippen LogP contribution >= 0.6 is 0 Å². The monoisotopic (exact) mass is 607 g/mol. The van der Waals surface area contributed by atoms with Crippen LogP contribution in [0.2, 0.25) is 0 Å². The van der Waals surface area contributed by atoms with Crippen molar-refractivity contribution < 1.29 is 23.8 Å². The van der Waals surface area contributed by atoms with E-state index in [1.54, 1.807) is 14.2 Å². The summed E-state index contributed by atoms with van der Waals surface area (Å²) in [5.74, 6) is 1.41. The van der Waals surface area contributed by atoms with E-state index in [2.05, 4.69) is 28.0 Å². The fraction of sp³-hybridized carbons (Fsp3) is 0.405. The molecule has 2 spiro atoms. The lowest BCUT2D eigenvalue weighted by Crippen LogP contribution is -2.62. The number of morpholine rings is 1. The van der Waals surface area contributed by atoms with Gasteiger partial charge in [-0.25, -0.2) is 0 Å². The number of amides is 1. The molecule has 2 saturated heterocycles. The first kappa shape index (κ1) is 29.7. The maximum absolute atomic E-state index is 15.4. The van der Waals surface area contributed by atoms with Crippen molar-refractivity contribution in [3.05, 3.63) is 95.1 Å². The molecule has 8 nitrogen and oxygen atoms in total. The molecule has 0 N–H and O–H groups in total. The number of ether oxygens (including phenoxy) is 3. The van der Waals surface area contributed by atoms with Gasteiger partial charge in [-0.2, -0.15) is 0 Å². The Morgan fingerprint density at radius 3 is 2.27 bits per heavy atom. The van der Waals surface area contributed by atoms with Crippen molar-refractivity contribution in [1.29, 1.82) is 0 Å². The fourth-order valence-corrected chi connectivity index (χ4v) is 8.49. The van der Waals surface area contributed by atoms with Gasteiger partial charge in [0.15, 0.2) is 5.78 Å². The summed E-state index contributed by atoms with van der Waals surface area (Å²) in [7, 11) is 5.34. The predicted molar refractivity (Wildman–Crippen MR) is 173 cm³/mol. The van der Waals surface area contributed by atoms with E-state index < -0.39 is 11.0 Å². The summed E-state index contributed by atoms with van der Waals surface area (Å²) in [5, 5.41) is 0. The number of likely N-dealkylation sites (tertiary alicyclic amines) is 1. The molecule has 7 rings (SSSR count). The average Bonchev–Trinajstić information content (AvgIpc) is 3.49. The summed E-state index contributed by atoms with van der Waals surface area (Å²) in [5.41, 5.74) is 2.46. The van der Waals surface area contributed by atoms with Crippen LogP contribution in [0.3, 0.4) is 0 Å². The summed E-state index contributed by atoms with van der Waals surface area (Å²) in [4.78, 5) is 37.1. The van der Waals surface area contributed by atoms with E-state index in [9.17, 15) is 0 Å². The van der Waals surface area contributed by atoms with Gasteiger partial charge in [-0.3, -0.25) is 24.3 Å². The van der Waals surface area contributed by atoms with Crippen LogP contribution in [0.25, 0.3) is 6.08 Å². The number of hydrogen-bond donors (Lipinski definition) is 0. The molecular formula is C37H41N3O5. The number of benzene rings is 3. The minimum atomic E-state index is -1.14. The van der Waals surface area contributed by atoms with Gasteiger partial charge in [-0.1, -0.05) is 42.5 Å². The number of hydrogen-bond acceptors (Lipinski definition) is 7. The summed E-state index contributed by atoms with van der Waals surface area (Å²) in [6.45, 7) is 3.89. The molecule has 3 fully saturated rings. The quantitative estimate of drug-likeness (QED) is 0.362. The first-order chi connectivity index (χ1) is 21.9. The van der Waals surface area contributed by atoms with E-state index in [0.717, 1.165) is 59.0 Å². The number of carbonyl (C=O) groups excluding carboxylic acids is 2. The second-order valence-corrected chi connectivity index (χ2v) is 12.6. The zero-order valence-electron chi connectivity index (χ0n) is 26.3. The number of anilines is 1. The largest absolute Gasteiger partial charge is 0.497 e. The molecule has 3 aromatic rings. The van der Waals surface area contributed by atoms with Crippen molar-refractivity contribution in [2.24, 2.45) is 5.41 Å². The highest BCUT2D eigenvalue weighted by Crippen LogP contribution is 2.67. The Morgan fingerprint density at radius 1 is 0.911 bits per heavy atom. The maximum atomic E-state index is 15.4. The van der Waals surface area contributed by atoms with Gasteiger partial charge < -0.3 is 14.2 Å². The lowest BCUT2D eigenvalue weighted by atomic mass is 9.53. The van der Waals surface area contributed by atoms with Crippen LogP contribution in [0, 0.1) is 5.41 Å². The molecule has 0 unspecified atom stereocenters. The van der Waals surface area contributed by atoms with Crippen LogP contribution in [-0.4, -0.2) is 82.3 Å². The molecule has 8 heteroatoms. The van der Waals surface area contributed by atoms with Crippen LogP contribution < -0.4 is 14.4 Å². The van der Waals surface area contributed by atoms with Crippen molar-refractivity contribution in [3.63, 3.8) is 0 Å². The molecular weight excluding hydrogens is 566 g/mol. The lowest BCUT2D eigenvalue weighted by molar-refractivity contribution is -0.146. The Kier molecular flexibility index (Phi) is 7.76. The highest BCUT2D eigenvalue weighted by atomic mass is 16.5. The first-order valence-corrected chi connectivity index (χ1v) is 15.9. The summed E-state index contributed by atoms with van der Waals surface area (Å²) in [6.07, 6.45) is 4.14. The van der Waals surface area contributed by atoms with Crippen LogP contribution in [-0.2, 0) is 19.9 Å². The van der Waals surface area contributed by atoms with Gasteiger partial charge in [-0.05, 0) is 79.4 Å². The Hall–Kier alpha value is -3.98. The van der Waals surface area contributed by atoms with Crippen molar-refractivity contribution in [2.75, 3.05) is 65.7 Å². The summed E-state index contributed by atoms with van der Waals surface area (Å²) >= 11 is 0. The number of Topliss-reactive ketones (excluding diaryl/α,β-unsaturated/α-hetero) is 1. The number of para-hydroxylation sites is 1. The first-order valence-electron chi connectivity index (χ1n) is 15.9. The number of likely N-dealkylation sites (N-methyl/N-ethyl adjacent to an activating group) is 1. The van der Waals surface area contributed by atoms with Crippen LogP contribution in [0.5, 0.6) is 11.5 Å². The van der Waals surface area contributed by atoms with Gasteiger partial charge in [0.1, 0.15) is 17.0 Å². The van der Waals surface area contributed by atoms with Gasteiger partial charge in [0.05, 0.1) is 45.2 Å². The maximum Gasteiger partial charge on any atom is 0.254 e. The smallest absolute Gasteiger partial charge is 0.254 e. The molecule has 1 aliphatic carbocycles. The van der Waals surface area contributed by atoms with Crippen molar-refractivity contribution in [2.45, 2.75) is 30.7 Å². The fourth-order valence-electron chi connectivity index (χ4n) is 8.49. The number of methoxy groups -OCH3 is 2. The minimum Gasteiger partial charge on any atom is -0.497 e. The molecule has 3 aliphatic heterocycles. The predicted octanol–water partition coefficient (Wildman–Crippen LogP) is 5.09. The molecule has 234 valence electrons. The molecule has 3 heterocycles. The third-order valence-electron chi connectivity index (χ3n) is 10.5. The molecule has 3 atom stereocenters. The second-order valence-electron chi connectivity index (χ2n) is 12.6. The number of allylic oxidation sites excluding steroid dienone is 1. The topological polar surface area (TPSA) is 71.6 Å². The zero-order chi connectivity index (χ0) is 31.2. The highest BCUT2D eigenvalue weighted by Gasteiger charge is 2.75. The number of ketones is 1. The molecule has 45 heavy (non-hydrogen) atoms. The number of nitrogens with zero attached hydrogens (tertiary/aromatic N) is 3. The molecule has 0 bridgehead atoms. The molecule has 4 aliphatic rings. The Labute approximate surface area is 265 Å². The normalized spacial score (nSPS) is 27.9. The standard InChI is InChI=1S/C37H41N3O5/c1-38-24-32(27-12-16-30(44-3)17-13-27)36(18-6-7-28(34(36)41)23-26-10-14-29(43-2)15-11-26)37(38)31-8-4-5-9-33(31)40(35(37)42)25-39-19-21-45-22-20-39/h4-5,8-17,23,32H,6-7,18-22,24-25H2,1-3H3/b28-23+/t32-,36+,37+/m0/s1. The van der Waals surface area contributed by atoms with Crippen molar-refractivity contribution in [1.82, 2.24) is 9.80 Å². The minimum absolute atomic E-state index is 0.00671. The lowest BCUT2D eigenvalue weighted by Gasteiger charge is -2.49. The van der Waals surface area contributed by atoms with E-state index in [1.165, 1.54) is 0 Å². The van der Waals surface area contributed by atoms with Gasteiger partial charge in [-0.15, -0.1) is 0 Å².